The summed E-state index contributed by atoms with van der Waals surface area (Å²) in [4.78, 5) is 4.38. The molecule has 0 amide bonds. The SMILES string of the molecule is Cc1ccc2nc(NCCSCCCO)nn2c1. The first-order valence-corrected chi connectivity index (χ1v) is 7.20. The van der Waals surface area contributed by atoms with E-state index in [1.165, 1.54) is 5.56 Å². The number of fused-ring (bicyclic) bond motifs is 1. The van der Waals surface area contributed by atoms with Crippen molar-refractivity contribution in [3.05, 3.63) is 23.9 Å². The van der Waals surface area contributed by atoms with Crippen LogP contribution in [0, 0.1) is 6.92 Å². The molecular formula is C12H18N4OS. The van der Waals surface area contributed by atoms with Gasteiger partial charge in [0.2, 0.25) is 5.95 Å². The Morgan fingerprint density at radius 3 is 3.11 bits per heavy atom. The zero-order chi connectivity index (χ0) is 12.8. The molecule has 0 aliphatic heterocycles. The molecule has 0 spiro atoms. The van der Waals surface area contributed by atoms with E-state index in [0.717, 1.165) is 30.1 Å². The summed E-state index contributed by atoms with van der Waals surface area (Å²) >= 11 is 1.82. The molecule has 5 nitrogen and oxygen atoms in total. The van der Waals surface area contributed by atoms with Crippen molar-refractivity contribution in [3.8, 4) is 0 Å². The number of hydrogen-bond acceptors (Lipinski definition) is 5. The van der Waals surface area contributed by atoms with Gasteiger partial charge in [-0.1, -0.05) is 6.07 Å². The zero-order valence-corrected chi connectivity index (χ0v) is 11.3. The lowest BCUT2D eigenvalue weighted by Crippen LogP contribution is -2.06. The van der Waals surface area contributed by atoms with Gasteiger partial charge in [0.15, 0.2) is 5.65 Å². The molecule has 2 aromatic heterocycles. The third-order valence-corrected chi connectivity index (χ3v) is 3.53. The van der Waals surface area contributed by atoms with Crippen molar-refractivity contribution in [1.29, 1.82) is 0 Å². The van der Waals surface area contributed by atoms with Gasteiger partial charge in [-0.3, -0.25) is 0 Å². The number of aryl methyl sites for hydroxylation is 1. The quantitative estimate of drug-likeness (QED) is 0.745. The fraction of sp³-hybridized carbons (Fsp3) is 0.500. The van der Waals surface area contributed by atoms with Crippen LogP contribution in [-0.2, 0) is 0 Å². The average molecular weight is 266 g/mol. The Kier molecular flexibility index (Phi) is 4.83. The molecule has 0 aromatic carbocycles. The summed E-state index contributed by atoms with van der Waals surface area (Å²) in [5.74, 6) is 2.66. The Morgan fingerprint density at radius 1 is 1.39 bits per heavy atom. The van der Waals surface area contributed by atoms with Crippen LogP contribution in [0.15, 0.2) is 18.3 Å². The molecule has 0 saturated heterocycles. The van der Waals surface area contributed by atoms with Crippen molar-refractivity contribution in [3.63, 3.8) is 0 Å². The van der Waals surface area contributed by atoms with Crippen LogP contribution < -0.4 is 5.32 Å². The van der Waals surface area contributed by atoms with Crippen LogP contribution >= 0.6 is 11.8 Å². The van der Waals surface area contributed by atoms with E-state index in [4.69, 9.17) is 5.11 Å². The lowest BCUT2D eigenvalue weighted by molar-refractivity contribution is 0.296. The number of pyridine rings is 1. The van der Waals surface area contributed by atoms with E-state index in [1.54, 1.807) is 4.52 Å². The second kappa shape index (κ2) is 6.61. The molecule has 2 heterocycles. The Bertz CT molecular complexity index is 500. The molecule has 0 radical (unpaired) electrons. The number of nitrogens with zero attached hydrogens (tertiary/aromatic N) is 3. The normalized spacial score (nSPS) is 11.0. The largest absolute Gasteiger partial charge is 0.396 e. The molecule has 6 heteroatoms. The van der Waals surface area contributed by atoms with Gasteiger partial charge in [0.1, 0.15) is 0 Å². The number of rotatable bonds is 7. The van der Waals surface area contributed by atoms with Crippen molar-refractivity contribution in [1.82, 2.24) is 14.6 Å². The molecule has 0 aliphatic carbocycles. The first-order chi connectivity index (χ1) is 8.79. The predicted octanol–water partition coefficient (Wildman–Crippen LogP) is 1.57. The number of anilines is 1. The molecule has 98 valence electrons. The monoisotopic (exact) mass is 266 g/mol. The third-order valence-electron chi connectivity index (χ3n) is 2.46. The first-order valence-electron chi connectivity index (χ1n) is 6.05. The van der Waals surface area contributed by atoms with Crippen molar-refractivity contribution < 1.29 is 5.11 Å². The molecule has 0 aliphatic rings. The van der Waals surface area contributed by atoms with Crippen molar-refractivity contribution in [2.75, 3.05) is 30.0 Å². The summed E-state index contributed by atoms with van der Waals surface area (Å²) in [6, 6.07) is 3.99. The highest BCUT2D eigenvalue weighted by molar-refractivity contribution is 7.99. The van der Waals surface area contributed by atoms with Gasteiger partial charge in [0.05, 0.1) is 0 Å². The van der Waals surface area contributed by atoms with E-state index >= 15 is 0 Å². The second-order valence-electron chi connectivity index (χ2n) is 4.06. The van der Waals surface area contributed by atoms with Crippen LogP contribution in [0.4, 0.5) is 5.95 Å². The van der Waals surface area contributed by atoms with Crippen molar-refractivity contribution in [2.24, 2.45) is 0 Å². The van der Waals surface area contributed by atoms with E-state index in [2.05, 4.69) is 15.4 Å². The first kappa shape index (κ1) is 13.2. The Labute approximate surface area is 111 Å². The number of nitrogens with one attached hydrogen (secondary N) is 1. The van der Waals surface area contributed by atoms with Gasteiger partial charge in [-0.15, -0.1) is 5.10 Å². The summed E-state index contributed by atoms with van der Waals surface area (Å²) in [7, 11) is 0. The molecule has 0 saturated carbocycles. The van der Waals surface area contributed by atoms with Crippen LogP contribution in [0.5, 0.6) is 0 Å². The van der Waals surface area contributed by atoms with Crippen LogP contribution in [0.1, 0.15) is 12.0 Å². The maximum atomic E-state index is 8.65. The highest BCUT2D eigenvalue weighted by Gasteiger charge is 2.02. The van der Waals surface area contributed by atoms with Gasteiger partial charge in [0.25, 0.3) is 0 Å². The fourth-order valence-electron chi connectivity index (χ4n) is 1.56. The molecule has 0 bridgehead atoms. The van der Waals surface area contributed by atoms with Crippen LogP contribution in [0.2, 0.25) is 0 Å². The maximum absolute atomic E-state index is 8.65. The van der Waals surface area contributed by atoms with E-state index in [-0.39, 0.29) is 6.61 Å². The molecule has 18 heavy (non-hydrogen) atoms. The standard InChI is InChI=1S/C12H18N4OS/c1-10-3-4-11-14-12(15-16(11)9-10)13-5-8-18-7-2-6-17/h3-4,9,17H,2,5-8H2,1H3,(H,13,15). The second-order valence-corrected chi connectivity index (χ2v) is 5.29. The van der Waals surface area contributed by atoms with Crippen LogP contribution in [0.3, 0.4) is 0 Å². The van der Waals surface area contributed by atoms with Gasteiger partial charge >= 0.3 is 0 Å². The highest BCUT2D eigenvalue weighted by Crippen LogP contribution is 2.07. The summed E-state index contributed by atoms with van der Waals surface area (Å²) in [6.07, 6.45) is 2.82. The Balaban J connectivity index is 1.81. The topological polar surface area (TPSA) is 62.5 Å². The minimum absolute atomic E-state index is 0.272. The van der Waals surface area contributed by atoms with Gasteiger partial charge < -0.3 is 10.4 Å². The van der Waals surface area contributed by atoms with E-state index in [9.17, 15) is 0 Å². The van der Waals surface area contributed by atoms with E-state index < -0.39 is 0 Å². The summed E-state index contributed by atoms with van der Waals surface area (Å²) in [5, 5.41) is 16.2. The summed E-state index contributed by atoms with van der Waals surface area (Å²) in [6.45, 7) is 3.14. The van der Waals surface area contributed by atoms with Gasteiger partial charge in [-0.05, 0) is 30.7 Å². The Morgan fingerprint density at radius 2 is 2.28 bits per heavy atom. The lowest BCUT2D eigenvalue weighted by Gasteiger charge is -2.00. The van der Waals surface area contributed by atoms with Gasteiger partial charge in [-0.25, -0.2) is 4.52 Å². The Hall–Kier alpha value is -1.27. The smallest absolute Gasteiger partial charge is 0.243 e. The van der Waals surface area contributed by atoms with E-state index in [0.29, 0.717) is 5.95 Å². The number of aliphatic hydroxyl groups excluding tert-OH is 1. The van der Waals surface area contributed by atoms with Gasteiger partial charge in [0, 0.05) is 25.1 Å². The van der Waals surface area contributed by atoms with E-state index in [1.807, 2.05) is 37.0 Å². The van der Waals surface area contributed by atoms with Crippen molar-refractivity contribution >= 4 is 23.4 Å². The zero-order valence-electron chi connectivity index (χ0n) is 10.5. The lowest BCUT2D eigenvalue weighted by atomic mass is 10.3. The van der Waals surface area contributed by atoms with Crippen LogP contribution in [0.25, 0.3) is 5.65 Å². The molecule has 2 aromatic rings. The van der Waals surface area contributed by atoms with Crippen molar-refractivity contribution in [2.45, 2.75) is 13.3 Å². The number of aliphatic hydroxyl groups is 1. The fourth-order valence-corrected chi connectivity index (χ4v) is 2.35. The highest BCUT2D eigenvalue weighted by atomic mass is 32.2. The predicted molar refractivity (Wildman–Crippen MR) is 75.2 cm³/mol. The molecule has 2 N–H and O–H groups in total. The molecule has 0 unspecified atom stereocenters. The third kappa shape index (κ3) is 3.61. The minimum atomic E-state index is 0.272. The maximum Gasteiger partial charge on any atom is 0.243 e. The number of hydrogen-bond donors (Lipinski definition) is 2. The summed E-state index contributed by atoms with van der Waals surface area (Å²) in [5.41, 5.74) is 2.02. The summed E-state index contributed by atoms with van der Waals surface area (Å²) < 4.78 is 1.79. The average Bonchev–Trinajstić information content (AvgIpc) is 2.75. The molecule has 2 rings (SSSR count). The number of aromatic nitrogens is 3. The van der Waals surface area contributed by atoms with Gasteiger partial charge in [-0.2, -0.15) is 16.7 Å². The van der Waals surface area contributed by atoms with Crippen LogP contribution in [-0.4, -0.2) is 44.4 Å². The molecular weight excluding hydrogens is 248 g/mol. The number of thioether (sulfide) groups is 1. The molecule has 0 fully saturated rings. The molecule has 0 atom stereocenters. The minimum Gasteiger partial charge on any atom is -0.396 e.